The fourth-order valence-electron chi connectivity index (χ4n) is 1.77. The van der Waals surface area contributed by atoms with Crippen molar-refractivity contribution in [2.75, 3.05) is 0 Å². The Hall–Kier alpha value is -1.58. The molecule has 1 N–H and O–H groups in total. The Morgan fingerprint density at radius 3 is 2.28 bits per heavy atom. The zero-order chi connectivity index (χ0) is 14.5. The molecule has 0 amide bonds. The van der Waals surface area contributed by atoms with Gasteiger partial charge in [-0.2, -0.15) is 0 Å². The van der Waals surface area contributed by atoms with Gasteiger partial charge >= 0.3 is 11.9 Å². The van der Waals surface area contributed by atoms with Crippen LogP contribution in [0.2, 0.25) is 0 Å². The minimum atomic E-state index is -0.936. The molecule has 0 aliphatic carbocycles. The van der Waals surface area contributed by atoms with Crippen LogP contribution in [0.4, 0.5) is 0 Å². The molecule has 0 spiro atoms. The first-order valence-electron chi connectivity index (χ1n) is 5.84. The number of allylic oxidation sites excluding steroid dienone is 1. The summed E-state index contributed by atoms with van der Waals surface area (Å²) in [6.45, 7) is 12.3. The van der Waals surface area contributed by atoms with E-state index in [-0.39, 0.29) is 11.5 Å². The van der Waals surface area contributed by atoms with Crippen LogP contribution in [-0.4, -0.2) is 23.1 Å². The summed E-state index contributed by atoms with van der Waals surface area (Å²) in [7, 11) is 0. The zero-order valence-electron chi connectivity index (χ0n) is 11.7. The van der Waals surface area contributed by atoms with Gasteiger partial charge in [0.2, 0.25) is 0 Å². The number of hydrogen-bond acceptors (Lipinski definition) is 3. The first kappa shape index (κ1) is 16.4. The maximum Gasteiger partial charge on any atom is 0.333 e. The van der Waals surface area contributed by atoms with Crippen molar-refractivity contribution in [1.29, 1.82) is 0 Å². The van der Waals surface area contributed by atoms with Crippen LogP contribution in [0.3, 0.4) is 0 Å². The quantitative estimate of drug-likeness (QED) is 0.584. The second-order valence-corrected chi connectivity index (χ2v) is 5.32. The fourth-order valence-corrected chi connectivity index (χ4v) is 1.77. The largest absolute Gasteiger partial charge is 0.478 e. The summed E-state index contributed by atoms with van der Waals surface area (Å²) in [5.41, 5.74) is 0.299. The van der Waals surface area contributed by atoms with Crippen molar-refractivity contribution < 1.29 is 19.4 Å². The van der Waals surface area contributed by atoms with Gasteiger partial charge in [-0.25, -0.2) is 9.59 Å². The molecule has 0 rings (SSSR count). The smallest absolute Gasteiger partial charge is 0.333 e. The fraction of sp³-hybridized carbons (Fsp3) is 0.571. The van der Waals surface area contributed by atoms with E-state index in [9.17, 15) is 9.59 Å². The number of aliphatic carboxylic acids is 1. The molecule has 102 valence electrons. The summed E-state index contributed by atoms with van der Waals surface area (Å²) in [5, 5.41) is 8.83. The first-order valence-corrected chi connectivity index (χ1v) is 5.84. The lowest BCUT2D eigenvalue weighted by Crippen LogP contribution is -2.23. The van der Waals surface area contributed by atoms with Gasteiger partial charge in [0, 0.05) is 11.1 Å². The van der Waals surface area contributed by atoms with E-state index in [4.69, 9.17) is 9.84 Å². The van der Waals surface area contributed by atoms with E-state index in [1.807, 2.05) is 13.8 Å². The van der Waals surface area contributed by atoms with Gasteiger partial charge in [0.1, 0.15) is 6.10 Å². The van der Waals surface area contributed by atoms with Crippen molar-refractivity contribution in [2.24, 2.45) is 5.41 Å². The summed E-state index contributed by atoms with van der Waals surface area (Å²) >= 11 is 0. The van der Waals surface area contributed by atoms with Gasteiger partial charge in [-0.15, -0.1) is 0 Å². The predicted octanol–water partition coefficient (Wildman–Crippen LogP) is 2.94. The average Bonchev–Trinajstić information content (AvgIpc) is 2.14. The molecular formula is C14H22O4. The molecule has 0 fully saturated rings. The van der Waals surface area contributed by atoms with Crippen molar-refractivity contribution in [3.05, 3.63) is 23.8 Å². The van der Waals surface area contributed by atoms with E-state index in [0.717, 1.165) is 0 Å². The standard InChI is InChI=1S/C14H22O4/c1-9(2)13(17)18-11(4)8-14(5,6)7-10(3)12(15)16/h7,11H,1,8H2,2-6H3,(H,15,16). The number of carbonyl (C=O) groups excluding carboxylic acids is 1. The van der Waals surface area contributed by atoms with Crippen molar-refractivity contribution in [3.63, 3.8) is 0 Å². The molecule has 0 heterocycles. The van der Waals surface area contributed by atoms with E-state index in [2.05, 4.69) is 6.58 Å². The monoisotopic (exact) mass is 254 g/mol. The molecule has 0 aromatic heterocycles. The van der Waals surface area contributed by atoms with Gasteiger partial charge in [-0.05, 0) is 32.6 Å². The summed E-state index contributed by atoms with van der Waals surface area (Å²) in [6, 6.07) is 0. The second-order valence-electron chi connectivity index (χ2n) is 5.32. The normalized spacial score (nSPS) is 13.9. The summed E-state index contributed by atoms with van der Waals surface area (Å²) in [6.07, 6.45) is 1.94. The molecule has 0 bridgehead atoms. The molecule has 18 heavy (non-hydrogen) atoms. The topological polar surface area (TPSA) is 63.6 Å². The zero-order valence-corrected chi connectivity index (χ0v) is 11.7. The molecule has 1 atom stereocenters. The number of hydrogen-bond donors (Lipinski definition) is 1. The third-order valence-electron chi connectivity index (χ3n) is 2.41. The van der Waals surface area contributed by atoms with Gasteiger partial charge in [0.05, 0.1) is 0 Å². The first-order chi connectivity index (χ1) is 8.05. The number of carboxylic acids is 1. The van der Waals surface area contributed by atoms with Gasteiger partial charge in [-0.3, -0.25) is 0 Å². The van der Waals surface area contributed by atoms with Crippen LogP contribution >= 0.6 is 0 Å². The van der Waals surface area contributed by atoms with Gasteiger partial charge < -0.3 is 9.84 Å². The lowest BCUT2D eigenvalue weighted by atomic mass is 9.85. The lowest BCUT2D eigenvalue weighted by molar-refractivity contribution is -0.144. The second kappa shape index (κ2) is 6.38. The van der Waals surface area contributed by atoms with Crippen molar-refractivity contribution in [1.82, 2.24) is 0 Å². The van der Waals surface area contributed by atoms with Gasteiger partial charge in [-0.1, -0.05) is 26.5 Å². The average molecular weight is 254 g/mol. The highest BCUT2D eigenvalue weighted by Crippen LogP contribution is 2.27. The van der Waals surface area contributed by atoms with Crippen LogP contribution in [-0.2, 0) is 14.3 Å². The maximum absolute atomic E-state index is 11.3. The van der Waals surface area contributed by atoms with E-state index in [0.29, 0.717) is 17.6 Å². The Bertz CT molecular complexity index is 377. The Labute approximate surface area is 108 Å². The molecule has 0 saturated heterocycles. The van der Waals surface area contributed by atoms with Crippen LogP contribution in [0.25, 0.3) is 0 Å². The molecule has 0 aromatic carbocycles. The van der Waals surface area contributed by atoms with Crippen molar-refractivity contribution in [2.45, 2.75) is 47.1 Å². The van der Waals surface area contributed by atoms with E-state index in [1.54, 1.807) is 26.8 Å². The molecule has 0 aliphatic rings. The number of carbonyl (C=O) groups is 2. The van der Waals surface area contributed by atoms with E-state index in [1.165, 1.54) is 0 Å². The Balaban J connectivity index is 4.58. The molecule has 4 heteroatoms. The van der Waals surface area contributed by atoms with E-state index >= 15 is 0 Å². The predicted molar refractivity (Wildman–Crippen MR) is 70.2 cm³/mol. The molecular weight excluding hydrogens is 232 g/mol. The minimum absolute atomic E-state index is 0.290. The Morgan fingerprint density at radius 1 is 1.39 bits per heavy atom. The minimum Gasteiger partial charge on any atom is -0.478 e. The third kappa shape index (κ3) is 6.23. The molecule has 4 nitrogen and oxygen atoms in total. The maximum atomic E-state index is 11.3. The molecule has 0 saturated carbocycles. The summed E-state index contributed by atoms with van der Waals surface area (Å²) in [5.74, 6) is -1.35. The van der Waals surface area contributed by atoms with E-state index < -0.39 is 11.9 Å². The van der Waals surface area contributed by atoms with Crippen LogP contribution in [0.1, 0.15) is 41.0 Å². The highest BCUT2D eigenvalue weighted by molar-refractivity contribution is 5.87. The van der Waals surface area contributed by atoms with Gasteiger partial charge in [0.25, 0.3) is 0 Å². The highest BCUT2D eigenvalue weighted by Gasteiger charge is 2.22. The van der Waals surface area contributed by atoms with Crippen LogP contribution in [0.15, 0.2) is 23.8 Å². The number of carboxylic acid groups (broad SMARTS) is 1. The Morgan fingerprint density at radius 2 is 1.89 bits per heavy atom. The highest BCUT2D eigenvalue weighted by atomic mass is 16.5. The molecule has 0 aromatic rings. The molecule has 0 radical (unpaired) electrons. The number of esters is 1. The van der Waals surface area contributed by atoms with Crippen molar-refractivity contribution >= 4 is 11.9 Å². The third-order valence-corrected chi connectivity index (χ3v) is 2.41. The van der Waals surface area contributed by atoms with Crippen LogP contribution < -0.4 is 0 Å². The Kier molecular flexibility index (Phi) is 5.82. The number of rotatable bonds is 6. The molecule has 1 unspecified atom stereocenters. The summed E-state index contributed by atoms with van der Waals surface area (Å²) in [4.78, 5) is 22.1. The van der Waals surface area contributed by atoms with Crippen LogP contribution in [0.5, 0.6) is 0 Å². The lowest BCUT2D eigenvalue weighted by Gasteiger charge is -2.25. The summed E-state index contributed by atoms with van der Waals surface area (Å²) < 4.78 is 5.17. The van der Waals surface area contributed by atoms with Crippen molar-refractivity contribution in [3.8, 4) is 0 Å². The molecule has 0 aliphatic heterocycles. The van der Waals surface area contributed by atoms with Gasteiger partial charge in [0.15, 0.2) is 0 Å². The SMILES string of the molecule is C=C(C)C(=O)OC(C)CC(C)(C)C=C(C)C(=O)O. The van der Waals surface area contributed by atoms with Crippen LogP contribution in [0, 0.1) is 5.41 Å². The number of ether oxygens (including phenoxy) is 1.